The van der Waals surface area contributed by atoms with Crippen LogP contribution in [0.5, 0.6) is 0 Å². The molecule has 0 heterocycles. The molecular weight excluding hydrogens is 172 g/mol. The fourth-order valence-corrected chi connectivity index (χ4v) is 1.10. The molecule has 1 aromatic rings. The van der Waals surface area contributed by atoms with Crippen molar-refractivity contribution in [2.24, 2.45) is 0 Å². The highest BCUT2D eigenvalue weighted by Gasteiger charge is 2.05. The number of rotatable bonds is 3. The lowest BCUT2D eigenvalue weighted by atomic mass is 10.2. The smallest absolute Gasteiger partial charge is 0.160 e. The summed E-state index contributed by atoms with van der Waals surface area (Å²) in [6.45, 7) is 4.54. The zero-order valence-corrected chi connectivity index (χ0v) is 7.82. The normalized spacial score (nSPS) is 10.2. The zero-order chi connectivity index (χ0) is 9.84. The molecule has 0 atom stereocenters. The van der Waals surface area contributed by atoms with Crippen LogP contribution >= 0.6 is 0 Å². The van der Waals surface area contributed by atoms with Crippen molar-refractivity contribution in [1.29, 1.82) is 0 Å². The fourth-order valence-electron chi connectivity index (χ4n) is 1.10. The van der Waals surface area contributed by atoms with Gasteiger partial charge in [-0.05, 0) is 25.0 Å². The summed E-state index contributed by atoms with van der Waals surface area (Å²) >= 11 is 0. The predicted octanol–water partition coefficient (Wildman–Crippen LogP) is 3.10. The van der Waals surface area contributed by atoms with Crippen molar-refractivity contribution < 1.29 is 8.78 Å². The van der Waals surface area contributed by atoms with Crippen LogP contribution in [0.25, 0.3) is 0 Å². The molecule has 0 aliphatic carbocycles. The SMILES string of the molecule is CCCNc1cc(F)c(F)cc1C. The first-order valence-electron chi connectivity index (χ1n) is 4.34. The molecule has 1 nitrogen and oxygen atoms in total. The second-order valence-corrected chi connectivity index (χ2v) is 3.01. The summed E-state index contributed by atoms with van der Waals surface area (Å²) < 4.78 is 25.5. The van der Waals surface area contributed by atoms with E-state index < -0.39 is 11.6 Å². The van der Waals surface area contributed by atoms with Gasteiger partial charge in [-0.15, -0.1) is 0 Å². The number of halogens is 2. The highest BCUT2D eigenvalue weighted by atomic mass is 19.2. The summed E-state index contributed by atoms with van der Waals surface area (Å²) in [5.41, 5.74) is 1.40. The molecule has 0 fully saturated rings. The zero-order valence-electron chi connectivity index (χ0n) is 7.82. The standard InChI is InChI=1S/C10H13F2N/c1-3-4-13-10-6-9(12)8(11)5-7(10)2/h5-6,13H,3-4H2,1-2H3. The largest absolute Gasteiger partial charge is 0.385 e. The van der Waals surface area contributed by atoms with Crippen LogP contribution in [0.4, 0.5) is 14.5 Å². The third-order valence-electron chi connectivity index (χ3n) is 1.83. The lowest BCUT2D eigenvalue weighted by Crippen LogP contribution is -2.02. The molecule has 0 bridgehead atoms. The maximum absolute atomic E-state index is 12.8. The molecule has 1 aromatic carbocycles. The minimum Gasteiger partial charge on any atom is -0.385 e. The Labute approximate surface area is 76.8 Å². The van der Waals surface area contributed by atoms with Crippen LogP contribution in [0.15, 0.2) is 12.1 Å². The summed E-state index contributed by atoms with van der Waals surface area (Å²) in [5, 5.41) is 3.02. The average molecular weight is 185 g/mol. The lowest BCUT2D eigenvalue weighted by molar-refractivity contribution is 0.508. The van der Waals surface area contributed by atoms with E-state index in [9.17, 15) is 8.78 Å². The average Bonchev–Trinajstić information content (AvgIpc) is 2.09. The molecule has 0 saturated carbocycles. The van der Waals surface area contributed by atoms with Crippen molar-refractivity contribution in [2.75, 3.05) is 11.9 Å². The predicted molar refractivity (Wildman–Crippen MR) is 49.9 cm³/mol. The molecular formula is C10H13F2N. The monoisotopic (exact) mass is 185 g/mol. The van der Waals surface area contributed by atoms with Crippen LogP contribution in [-0.2, 0) is 0 Å². The highest BCUT2D eigenvalue weighted by Crippen LogP contribution is 2.18. The van der Waals surface area contributed by atoms with E-state index in [1.54, 1.807) is 6.92 Å². The first-order chi connectivity index (χ1) is 6.15. The van der Waals surface area contributed by atoms with Crippen molar-refractivity contribution >= 4 is 5.69 Å². The number of benzene rings is 1. The third-order valence-corrected chi connectivity index (χ3v) is 1.83. The van der Waals surface area contributed by atoms with Gasteiger partial charge in [0.25, 0.3) is 0 Å². The summed E-state index contributed by atoms with van der Waals surface area (Å²) in [6.07, 6.45) is 0.957. The second-order valence-electron chi connectivity index (χ2n) is 3.01. The Morgan fingerprint density at radius 1 is 1.23 bits per heavy atom. The number of hydrogen-bond acceptors (Lipinski definition) is 1. The Balaban J connectivity index is 2.88. The van der Waals surface area contributed by atoms with E-state index in [0.717, 1.165) is 18.5 Å². The summed E-state index contributed by atoms with van der Waals surface area (Å²) in [5.74, 6) is -1.59. The Morgan fingerprint density at radius 2 is 1.85 bits per heavy atom. The minimum atomic E-state index is -0.802. The van der Waals surface area contributed by atoms with Gasteiger partial charge in [0.15, 0.2) is 11.6 Å². The fraction of sp³-hybridized carbons (Fsp3) is 0.400. The first kappa shape index (κ1) is 9.96. The molecule has 0 amide bonds. The molecule has 0 aliphatic heterocycles. The van der Waals surface area contributed by atoms with Gasteiger partial charge in [-0.25, -0.2) is 8.78 Å². The van der Waals surface area contributed by atoms with E-state index in [1.807, 2.05) is 6.92 Å². The van der Waals surface area contributed by atoms with Gasteiger partial charge in [-0.3, -0.25) is 0 Å². The van der Waals surface area contributed by atoms with Gasteiger partial charge in [0.05, 0.1) is 0 Å². The molecule has 3 heteroatoms. The molecule has 1 N–H and O–H groups in total. The Kier molecular flexibility index (Phi) is 3.23. The van der Waals surface area contributed by atoms with Gasteiger partial charge in [0, 0.05) is 18.3 Å². The van der Waals surface area contributed by atoms with Crippen LogP contribution < -0.4 is 5.32 Å². The number of anilines is 1. The second kappa shape index (κ2) is 4.21. The summed E-state index contributed by atoms with van der Waals surface area (Å²) in [4.78, 5) is 0. The molecule has 1 rings (SSSR count). The number of nitrogens with one attached hydrogen (secondary N) is 1. The highest BCUT2D eigenvalue weighted by molar-refractivity contribution is 5.50. The van der Waals surface area contributed by atoms with E-state index >= 15 is 0 Å². The van der Waals surface area contributed by atoms with Gasteiger partial charge < -0.3 is 5.32 Å². The topological polar surface area (TPSA) is 12.0 Å². The molecule has 0 aliphatic rings. The Hall–Kier alpha value is -1.12. The van der Waals surface area contributed by atoms with E-state index in [4.69, 9.17) is 0 Å². The van der Waals surface area contributed by atoms with Crippen LogP contribution in [0.1, 0.15) is 18.9 Å². The maximum atomic E-state index is 12.8. The van der Waals surface area contributed by atoms with Gasteiger partial charge >= 0.3 is 0 Å². The van der Waals surface area contributed by atoms with Crippen molar-refractivity contribution in [2.45, 2.75) is 20.3 Å². The van der Waals surface area contributed by atoms with E-state index in [0.29, 0.717) is 5.69 Å². The van der Waals surface area contributed by atoms with Gasteiger partial charge in [0.2, 0.25) is 0 Å². The van der Waals surface area contributed by atoms with Crippen molar-refractivity contribution in [1.82, 2.24) is 0 Å². The Morgan fingerprint density at radius 3 is 2.46 bits per heavy atom. The number of hydrogen-bond donors (Lipinski definition) is 1. The quantitative estimate of drug-likeness (QED) is 0.763. The molecule has 13 heavy (non-hydrogen) atoms. The Bertz CT molecular complexity index is 297. The van der Waals surface area contributed by atoms with Gasteiger partial charge in [-0.2, -0.15) is 0 Å². The molecule has 0 spiro atoms. The minimum absolute atomic E-state index is 0.667. The van der Waals surface area contributed by atoms with Crippen LogP contribution in [-0.4, -0.2) is 6.54 Å². The molecule has 0 saturated heterocycles. The molecule has 0 unspecified atom stereocenters. The van der Waals surface area contributed by atoms with Gasteiger partial charge in [0.1, 0.15) is 0 Å². The van der Waals surface area contributed by atoms with Crippen LogP contribution in [0.3, 0.4) is 0 Å². The van der Waals surface area contributed by atoms with Crippen molar-refractivity contribution in [3.63, 3.8) is 0 Å². The summed E-state index contributed by atoms with van der Waals surface area (Å²) in [7, 11) is 0. The van der Waals surface area contributed by atoms with Crippen molar-refractivity contribution in [3.05, 3.63) is 29.3 Å². The van der Waals surface area contributed by atoms with Crippen LogP contribution in [0.2, 0.25) is 0 Å². The molecule has 0 radical (unpaired) electrons. The summed E-state index contributed by atoms with van der Waals surface area (Å²) in [6, 6.07) is 2.40. The lowest BCUT2D eigenvalue weighted by Gasteiger charge is -2.08. The van der Waals surface area contributed by atoms with Crippen molar-refractivity contribution in [3.8, 4) is 0 Å². The van der Waals surface area contributed by atoms with E-state index in [1.165, 1.54) is 12.1 Å². The molecule has 72 valence electrons. The maximum Gasteiger partial charge on any atom is 0.160 e. The number of aryl methyl sites for hydroxylation is 1. The van der Waals surface area contributed by atoms with E-state index in [-0.39, 0.29) is 0 Å². The first-order valence-corrected chi connectivity index (χ1v) is 4.34. The molecule has 0 aromatic heterocycles. The van der Waals surface area contributed by atoms with E-state index in [2.05, 4.69) is 5.32 Å². The third kappa shape index (κ3) is 2.41. The van der Waals surface area contributed by atoms with Gasteiger partial charge in [-0.1, -0.05) is 6.92 Å². The van der Waals surface area contributed by atoms with Crippen LogP contribution in [0, 0.1) is 18.6 Å².